The van der Waals surface area contributed by atoms with E-state index in [1.165, 1.54) is 12.1 Å². The van der Waals surface area contributed by atoms with E-state index in [4.69, 9.17) is 4.98 Å². The van der Waals surface area contributed by atoms with Gasteiger partial charge in [0.15, 0.2) is 17.2 Å². The highest BCUT2D eigenvalue weighted by atomic mass is 32.2. The summed E-state index contributed by atoms with van der Waals surface area (Å²) in [5, 5.41) is 10.4. The summed E-state index contributed by atoms with van der Waals surface area (Å²) in [5.41, 5.74) is 6.26. The highest BCUT2D eigenvalue weighted by Gasteiger charge is 2.25. The maximum absolute atomic E-state index is 14.6. The Morgan fingerprint density at radius 3 is 2.73 bits per heavy atom. The Balaban J connectivity index is 1.23. The number of nitrogens with one attached hydrogen (secondary N) is 4. The van der Waals surface area contributed by atoms with Crippen molar-refractivity contribution in [2.45, 2.75) is 25.8 Å². The normalized spacial score (nSPS) is 13.8. The first-order valence-corrected chi connectivity index (χ1v) is 15.8. The van der Waals surface area contributed by atoms with Gasteiger partial charge >= 0.3 is 0 Å². The van der Waals surface area contributed by atoms with Crippen LogP contribution in [0.1, 0.15) is 24.8 Å². The van der Waals surface area contributed by atoms with Crippen LogP contribution in [0.25, 0.3) is 56.1 Å². The molecule has 12 nitrogen and oxygen atoms in total. The first-order valence-electron chi connectivity index (χ1n) is 13.9. The molecule has 4 N–H and O–H groups in total. The summed E-state index contributed by atoms with van der Waals surface area (Å²) in [4.78, 5) is 33.9. The maximum atomic E-state index is 14.6. The topological polar surface area (TPSA) is 171 Å². The van der Waals surface area contributed by atoms with Crippen molar-refractivity contribution in [2.24, 2.45) is 5.92 Å². The third-order valence-electron chi connectivity index (χ3n) is 7.61. The summed E-state index contributed by atoms with van der Waals surface area (Å²) < 4.78 is 40.1. The van der Waals surface area contributed by atoms with E-state index in [1.807, 2.05) is 18.2 Å². The Labute approximate surface area is 250 Å². The Bertz CT molecular complexity index is 2170. The summed E-state index contributed by atoms with van der Waals surface area (Å²) in [6.45, 7) is -0.0510. The van der Waals surface area contributed by atoms with Crippen molar-refractivity contribution in [1.82, 2.24) is 39.8 Å². The van der Waals surface area contributed by atoms with Gasteiger partial charge < -0.3 is 10.3 Å². The molecule has 7 rings (SSSR count). The lowest BCUT2D eigenvalue weighted by Crippen LogP contribution is -2.28. The van der Waals surface area contributed by atoms with Crippen molar-refractivity contribution in [3.05, 3.63) is 72.4 Å². The van der Waals surface area contributed by atoms with E-state index in [9.17, 15) is 17.6 Å². The van der Waals surface area contributed by atoms with Crippen LogP contribution in [0.15, 0.2) is 61.1 Å². The molecule has 1 fully saturated rings. The van der Waals surface area contributed by atoms with Gasteiger partial charge in [0.2, 0.25) is 15.9 Å². The van der Waals surface area contributed by atoms with Crippen molar-refractivity contribution in [1.29, 1.82) is 0 Å². The molecule has 0 bridgehead atoms. The number of aromatic nitrogens is 7. The van der Waals surface area contributed by atoms with Crippen LogP contribution in [-0.4, -0.2) is 55.7 Å². The number of halogens is 1. The fourth-order valence-electron chi connectivity index (χ4n) is 5.17. The average Bonchev–Trinajstić information content (AvgIpc) is 3.58. The van der Waals surface area contributed by atoms with Crippen molar-refractivity contribution in [3.63, 3.8) is 0 Å². The zero-order valence-electron chi connectivity index (χ0n) is 23.4. The Morgan fingerprint density at radius 1 is 1.07 bits per heavy atom. The van der Waals surface area contributed by atoms with Crippen LogP contribution in [0.3, 0.4) is 0 Å². The van der Waals surface area contributed by atoms with Gasteiger partial charge in [-0.1, -0.05) is 6.42 Å². The van der Waals surface area contributed by atoms with E-state index < -0.39 is 15.8 Å². The molecule has 14 heteroatoms. The predicted octanol–water partition coefficient (Wildman–Crippen LogP) is 4.55. The number of pyridine rings is 3. The number of hydrogen-bond donors (Lipinski definition) is 4. The van der Waals surface area contributed by atoms with Gasteiger partial charge in [0, 0.05) is 36.0 Å². The minimum atomic E-state index is -3.45. The molecule has 0 unspecified atom stereocenters. The fraction of sp³-hybridized carbons (Fsp3) is 0.200. The van der Waals surface area contributed by atoms with Crippen LogP contribution in [0.5, 0.6) is 0 Å². The van der Waals surface area contributed by atoms with Gasteiger partial charge in [-0.3, -0.25) is 14.9 Å². The molecule has 0 saturated heterocycles. The first-order chi connectivity index (χ1) is 21.2. The van der Waals surface area contributed by atoms with E-state index >= 15 is 0 Å². The molecule has 222 valence electrons. The van der Waals surface area contributed by atoms with Gasteiger partial charge in [0.1, 0.15) is 11.3 Å². The van der Waals surface area contributed by atoms with Crippen LogP contribution in [-0.2, 0) is 21.4 Å². The van der Waals surface area contributed by atoms with Gasteiger partial charge in [0.25, 0.3) is 0 Å². The fourth-order valence-corrected chi connectivity index (χ4v) is 5.60. The molecule has 0 radical (unpaired) electrons. The van der Waals surface area contributed by atoms with Gasteiger partial charge in [-0.05, 0) is 66.4 Å². The van der Waals surface area contributed by atoms with Crippen molar-refractivity contribution in [2.75, 3.05) is 11.6 Å². The molecule has 0 aliphatic heterocycles. The zero-order chi connectivity index (χ0) is 30.4. The van der Waals surface area contributed by atoms with E-state index in [1.54, 1.807) is 30.7 Å². The lowest BCUT2D eigenvalue weighted by atomic mass is 9.85. The molecule has 0 atom stereocenters. The van der Waals surface area contributed by atoms with Crippen LogP contribution in [0.4, 0.5) is 10.1 Å². The lowest BCUT2D eigenvalue weighted by Gasteiger charge is -2.24. The summed E-state index contributed by atoms with van der Waals surface area (Å²) in [7, 11) is -3.45. The van der Waals surface area contributed by atoms with E-state index in [2.05, 4.69) is 40.2 Å². The molecule has 44 heavy (non-hydrogen) atoms. The van der Waals surface area contributed by atoms with Crippen molar-refractivity contribution in [3.8, 4) is 33.9 Å². The summed E-state index contributed by atoms with van der Waals surface area (Å²) >= 11 is 0. The van der Waals surface area contributed by atoms with E-state index in [0.717, 1.165) is 31.1 Å². The predicted molar refractivity (Wildman–Crippen MR) is 163 cm³/mol. The largest absolute Gasteiger partial charge is 0.335 e. The number of hydrogen-bond acceptors (Lipinski definition) is 8. The number of anilines is 1. The highest BCUT2D eigenvalue weighted by molar-refractivity contribution is 7.88. The summed E-state index contributed by atoms with van der Waals surface area (Å²) in [5.74, 6) is -0.0338. The SMILES string of the molecule is CS(=O)(=O)NCc1cc(F)cc(-c2ccnc3nc(-c4n[nH]c5ccc(-c6cncc(NC(=O)C7CCC7)c6)nc45)[nH]c23)c1. The standard InChI is InChI=1S/C30H26FN9O3S/c1-44(42,43)34-13-16-9-18(11-20(31)10-16)22-7-8-33-28-25(22)37-29(38-28)27-26-24(39-40-27)6-5-23(36-26)19-12-21(15-32-14-19)35-30(41)17-3-2-4-17/h5-12,14-15,17,34H,2-4,13H2,1H3,(H,35,41)(H,39,40)(H,33,37,38). The number of imidazole rings is 1. The second-order valence-corrected chi connectivity index (χ2v) is 12.7. The van der Waals surface area contributed by atoms with E-state index in [-0.39, 0.29) is 18.4 Å². The first kappa shape index (κ1) is 27.7. The molecule has 5 aromatic heterocycles. The number of rotatable bonds is 8. The molecule has 1 aliphatic carbocycles. The third-order valence-corrected chi connectivity index (χ3v) is 8.28. The lowest BCUT2D eigenvalue weighted by molar-refractivity contribution is -0.122. The minimum Gasteiger partial charge on any atom is -0.335 e. The molecule has 6 aromatic rings. The molecule has 0 spiro atoms. The van der Waals surface area contributed by atoms with Crippen molar-refractivity contribution < 1.29 is 17.6 Å². The number of aromatic amines is 2. The number of carbonyl (C=O) groups is 1. The monoisotopic (exact) mass is 611 g/mol. The van der Waals surface area contributed by atoms with Gasteiger partial charge in [0.05, 0.1) is 34.9 Å². The third kappa shape index (κ3) is 5.52. The quantitative estimate of drug-likeness (QED) is 0.194. The molecular weight excluding hydrogens is 585 g/mol. The van der Waals surface area contributed by atoms with Gasteiger partial charge in [-0.15, -0.1) is 0 Å². The minimum absolute atomic E-state index is 0.00799. The van der Waals surface area contributed by atoms with Crippen LogP contribution in [0, 0.1) is 11.7 Å². The maximum Gasteiger partial charge on any atom is 0.227 e. The smallest absolute Gasteiger partial charge is 0.227 e. The number of amides is 1. The van der Waals surface area contributed by atoms with Crippen LogP contribution in [0.2, 0.25) is 0 Å². The Morgan fingerprint density at radius 2 is 1.93 bits per heavy atom. The van der Waals surface area contributed by atoms with Crippen LogP contribution < -0.4 is 10.0 Å². The number of H-pyrrole nitrogens is 2. The van der Waals surface area contributed by atoms with Crippen molar-refractivity contribution >= 4 is 43.8 Å². The number of benzene rings is 1. The molecule has 1 amide bonds. The highest BCUT2D eigenvalue weighted by Crippen LogP contribution is 2.32. The second-order valence-electron chi connectivity index (χ2n) is 10.8. The average molecular weight is 612 g/mol. The van der Waals surface area contributed by atoms with Gasteiger partial charge in [-0.25, -0.2) is 32.5 Å². The summed E-state index contributed by atoms with van der Waals surface area (Å²) in [6.07, 6.45) is 8.81. The summed E-state index contributed by atoms with van der Waals surface area (Å²) in [6, 6.07) is 11.6. The number of sulfonamides is 1. The Hall–Kier alpha value is -5.08. The molecule has 1 aromatic carbocycles. The zero-order valence-corrected chi connectivity index (χ0v) is 24.2. The number of carbonyl (C=O) groups excluding carboxylic acids is 1. The molecular formula is C30H26FN9O3S. The number of nitrogens with zero attached hydrogens (tertiary/aromatic N) is 5. The second kappa shape index (κ2) is 10.9. The molecule has 5 heterocycles. The van der Waals surface area contributed by atoms with Gasteiger partial charge in [-0.2, -0.15) is 5.10 Å². The van der Waals surface area contributed by atoms with Crippen LogP contribution >= 0.6 is 0 Å². The number of fused-ring (bicyclic) bond motifs is 2. The molecule has 1 saturated carbocycles. The molecule has 1 aliphatic rings. The van der Waals surface area contributed by atoms with E-state index in [0.29, 0.717) is 61.8 Å². The Kier molecular flexibility index (Phi) is 6.86.